The van der Waals surface area contributed by atoms with Gasteiger partial charge in [0.1, 0.15) is 5.60 Å². The van der Waals surface area contributed by atoms with Crippen LogP contribution in [0.3, 0.4) is 0 Å². The van der Waals surface area contributed by atoms with Gasteiger partial charge in [-0.2, -0.15) is 0 Å². The lowest BCUT2D eigenvalue weighted by Crippen LogP contribution is -2.31. The molecule has 3 heteroatoms. The van der Waals surface area contributed by atoms with Crippen molar-refractivity contribution in [3.63, 3.8) is 0 Å². The zero-order chi connectivity index (χ0) is 19.6. The molecule has 0 aliphatic heterocycles. The largest absolute Gasteiger partial charge is 0.455 e. The lowest BCUT2D eigenvalue weighted by Gasteiger charge is -2.33. The van der Waals surface area contributed by atoms with Crippen molar-refractivity contribution in [2.75, 3.05) is 0 Å². The van der Waals surface area contributed by atoms with Crippen molar-refractivity contribution < 1.29 is 14.6 Å². The fraction of sp³-hybridized carbons (Fsp3) is 0.773. The van der Waals surface area contributed by atoms with Crippen molar-refractivity contribution in [3.05, 3.63) is 24.3 Å². The fourth-order valence-electron chi connectivity index (χ4n) is 3.32. The van der Waals surface area contributed by atoms with Gasteiger partial charge in [-0.3, -0.25) is 4.79 Å². The van der Waals surface area contributed by atoms with Gasteiger partial charge in [0.15, 0.2) is 0 Å². The van der Waals surface area contributed by atoms with Crippen LogP contribution < -0.4 is 0 Å². The molecule has 0 aromatic carbocycles. The molecular formula is C22H40O3. The third-order valence-electron chi connectivity index (χ3n) is 4.99. The Hall–Kier alpha value is -1.09. The topological polar surface area (TPSA) is 46.5 Å². The van der Waals surface area contributed by atoms with E-state index in [1.807, 2.05) is 6.92 Å². The van der Waals surface area contributed by atoms with Crippen LogP contribution in [0.15, 0.2) is 24.3 Å². The van der Waals surface area contributed by atoms with E-state index in [9.17, 15) is 9.90 Å². The Morgan fingerprint density at radius 2 is 1.92 bits per heavy atom. The van der Waals surface area contributed by atoms with Gasteiger partial charge in [0, 0.05) is 6.92 Å². The summed E-state index contributed by atoms with van der Waals surface area (Å²) < 4.78 is 5.18. The van der Waals surface area contributed by atoms with Crippen molar-refractivity contribution in [1.82, 2.24) is 0 Å². The Bertz CT molecular complexity index is 435. The number of hydrogen-bond acceptors (Lipinski definition) is 3. The Labute approximate surface area is 155 Å². The van der Waals surface area contributed by atoms with Crippen LogP contribution in [0.2, 0.25) is 0 Å². The summed E-state index contributed by atoms with van der Waals surface area (Å²) in [5.41, 5.74) is 0.747. The average molecular weight is 353 g/mol. The van der Waals surface area contributed by atoms with Crippen molar-refractivity contribution in [2.45, 2.75) is 92.3 Å². The number of carbonyl (C=O) groups excluding carboxylic acids is 1. The molecule has 25 heavy (non-hydrogen) atoms. The summed E-state index contributed by atoms with van der Waals surface area (Å²) in [5.74, 6) is 1.69. The zero-order valence-electron chi connectivity index (χ0n) is 17.5. The van der Waals surface area contributed by atoms with Gasteiger partial charge in [0.05, 0.1) is 6.10 Å². The highest BCUT2D eigenvalue weighted by Gasteiger charge is 2.28. The van der Waals surface area contributed by atoms with E-state index in [0.29, 0.717) is 11.8 Å². The van der Waals surface area contributed by atoms with Crippen LogP contribution in [0.25, 0.3) is 0 Å². The van der Waals surface area contributed by atoms with Crippen molar-refractivity contribution in [1.29, 1.82) is 0 Å². The average Bonchev–Trinajstić information content (AvgIpc) is 2.46. The molecule has 0 amide bonds. The second-order valence-corrected chi connectivity index (χ2v) is 8.32. The molecular weight excluding hydrogens is 312 g/mol. The quantitative estimate of drug-likeness (QED) is 0.494. The predicted octanol–water partition coefficient (Wildman–Crippen LogP) is 5.68. The maximum atomic E-state index is 10.8. The fourth-order valence-corrected chi connectivity index (χ4v) is 3.32. The summed E-state index contributed by atoms with van der Waals surface area (Å²) in [5, 5.41) is 9.71. The van der Waals surface area contributed by atoms with Gasteiger partial charge in [-0.25, -0.2) is 0 Å². The molecule has 0 heterocycles. The van der Waals surface area contributed by atoms with Gasteiger partial charge in [-0.05, 0) is 70.3 Å². The second-order valence-electron chi connectivity index (χ2n) is 8.32. The number of aliphatic hydroxyl groups is 1. The van der Waals surface area contributed by atoms with Crippen LogP contribution >= 0.6 is 0 Å². The monoisotopic (exact) mass is 352 g/mol. The van der Waals surface area contributed by atoms with Crippen molar-refractivity contribution >= 4 is 5.97 Å². The van der Waals surface area contributed by atoms with E-state index in [2.05, 4.69) is 47.3 Å². The maximum Gasteiger partial charge on any atom is 0.303 e. The van der Waals surface area contributed by atoms with Gasteiger partial charge in [-0.1, -0.05) is 45.4 Å². The summed E-state index contributed by atoms with van der Waals surface area (Å²) in [6, 6.07) is 0. The van der Waals surface area contributed by atoms with Gasteiger partial charge in [0.2, 0.25) is 0 Å². The normalized spacial score (nSPS) is 25.2. The predicted molar refractivity (Wildman–Crippen MR) is 106 cm³/mol. The van der Waals surface area contributed by atoms with Crippen molar-refractivity contribution in [3.8, 4) is 0 Å². The summed E-state index contributed by atoms with van der Waals surface area (Å²) in [4.78, 5) is 10.8. The molecule has 1 fully saturated rings. The van der Waals surface area contributed by atoms with E-state index in [1.165, 1.54) is 25.3 Å². The number of hydrogen-bond donors (Lipinski definition) is 1. The van der Waals surface area contributed by atoms with Crippen LogP contribution in [-0.2, 0) is 9.53 Å². The van der Waals surface area contributed by atoms with E-state index < -0.39 is 5.60 Å². The second kappa shape index (κ2) is 11.5. The molecule has 0 bridgehead atoms. The molecule has 3 nitrogen and oxygen atoms in total. The zero-order valence-corrected chi connectivity index (χ0v) is 17.5. The maximum absolute atomic E-state index is 10.8. The van der Waals surface area contributed by atoms with Gasteiger partial charge < -0.3 is 9.84 Å². The molecule has 1 saturated carbocycles. The number of carbonyl (C=O) groups is 1. The smallest absolute Gasteiger partial charge is 0.303 e. The Kier molecular flexibility index (Phi) is 11.0. The molecule has 0 spiro atoms. The van der Waals surface area contributed by atoms with E-state index in [0.717, 1.165) is 25.2 Å². The minimum Gasteiger partial charge on any atom is -0.455 e. The number of ether oxygens (including phenoxy) is 1. The lowest BCUT2D eigenvalue weighted by molar-refractivity contribution is -0.151. The van der Waals surface area contributed by atoms with Crippen LogP contribution in [0.4, 0.5) is 0 Å². The molecule has 4 unspecified atom stereocenters. The van der Waals surface area contributed by atoms with Gasteiger partial charge in [0.25, 0.3) is 0 Å². The highest BCUT2D eigenvalue weighted by Crippen LogP contribution is 2.33. The van der Waals surface area contributed by atoms with E-state index in [1.54, 1.807) is 6.08 Å². The summed E-state index contributed by atoms with van der Waals surface area (Å²) >= 11 is 0. The number of rotatable bonds is 6. The van der Waals surface area contributed by atoms with Crippen LogP contribution in [0.1, 0.15) is 80.6 Å². The van der Waals surface area contributed by atoms with Crippen LogP contribution in [0.5, 0.6) is 0 Å². The number of esters is 1. The summed E-state index contributed by atoms with van der Waals surface area (Å²) in [7, 11) is 0. The van der Waals surface area contributed by atoms with Crippen LogP contribution in [0, 0.1) is 17.8 Å². The SMILES string of the molecule is C=CC(C)(CCC=C(C)C)OC(C)=O.CC1CCC(C(C)C)C(O)C1. The molecule has 146 valence electrons. The molecule has 0 radical (unpaired) electrons. The summed E-state index contributed by atoms with van der Waals surface area (Å²) in [6.45, 7) is 17.7. The minimum absolute atomic E-state index is 0.0289. The number of allylic oxidation sites excluding steroid dienone is 2. The highest BCUT2D eigenvalue weighted by atomic mass is 16.6. The Morgan fingerprint density at radius 3 is 2.32 bits per heavy atom. The minimum atomic E-state index is -0.530. The highest BCUT2D eigenvalue weighted by molar-refractivity contribution is 5.66. The van der Waals surface area contributed by atoms with Gasteiger partial charge in [-0.15, -0.1) is 0 Å². The summed E-state index contributed by atoms with van der Waals surface area (Å²) in [6.07, 6.45) is 9.01. The van der Waals surface area contributed by atoms with Crippen molar-refractivity contribution in [2.24, 2.45) is 17.8 Å². The molecule has 1 aliphatic carbocycles. The van der Waals surface area contributed by atoms with E-state index >= 15 is 0 Å². The molecule has 1 rings (SSSR count). The lowest BCUT2D eigenvalue weighted by atomic mass is 9.75. The first kappa shape index (κ1) is 23.9. The first-order chi connectivity index (χ1) is 11.5. The van der Waals surface area contributed by atoms with E-state index in [-0.39, 0.29) is 12.1 Å². The van der Waals surface area contributed by atoms with E-state index in [4.69, 9.17) is 4.74 Å². The van der Waals surface area contributed by atoms with Gasteiger partial charge >= 0.3 is 5.97 Å². The first-order valence-corrected chi connectivity index (χ1v) is 9.65. The molecule has 0 aromatic rings. The molecule has 0 saturated heterocycles. The van der Waals surface area contributed by atoms with Crippen LogP contribution in [-0.4, -0.2) is 22.8 Å². The number of aliphatic hydroxyl groups excluding tert-OH is 1. The Morgan fingerprint density at radius 1 is 1.32 bits per heavy atom. The third-order valence-corrected chi connectivity index (χ3v) is 4.99. The molecule has 1 N–H and O–H groups in total. The third kappa shape index (κ3) is 10.5. The Balaban J connectivity index is 0.000000472. The molecule has 1 aliphatic rings. The molecule has 4 atom stereocenters. The molecule has 0 aromatic heterocycles. The standard InChI is InChI=1S/C12H20O2.C10H20O/c1-6-12(5,14-11(4)13)9-7-8-10(2)3;1-7(2)9-5-4-8(3)6-10(9)11/h6,8H,1,7,9H2,2-5H3;7-11H,4-6H2,1-3H3. The first-order valence-electron chi connectivity index (χ1n) is 9.65.